The molecule has 6 nitrogen and oxygen atoms in total. The van der Waals surface area contributed by atoms with E-state index in [2.05, 4.69) is 0 Å². The Morgan fingerprint density at radius 1 is 1.18 bits per heavy atom. The number of nitrogens with zero attached hydrogens (tertiary/aromatic N) is 1. The molecule has 1 heterocycles. The number of nitro groups is 1. The molecular weight excluding hydrogens is 286 g/mol. The molecule has 2 aromatic rings. The second kappa shape index (κ2) is 6.55. The highest BCUT2D eigenvalue weighted by atomic mass is 16.7. The summed E-state index contributed by atoms with van der Waals surface area (Å²) in [5.74, 6) is 0.768. The Kier molecular flexibility index (Phi) is 4.32. The van der Waals surface area contributed by atoms with Gasteiger partial charge in [0, 0.05) is 17.7 Å². The molecule has 2 aromatic carbocycles. The van der Waals surface area contributed by atoms with E-state index in [9.17, 15) is 10.1 Å². The standard InChI is InChI=1S/C16H15NO5/c18-17(19)13-6-4-5-12(9-13)16-21-11-15(22-16)10-20-14-7-2-1-3-8-14/h1-9,15-16H,10-11H2. The zero-order valence-electron chi connectivity index (χ0n) is 11.8. The molecule has 1 saturated heterocycles. The van der Waals surface area contributed by atoms with Crippen LogP contribution in [0.3, 0.4) is 0 Å². The van der Waals surface area contributed by atoms with Gasteiger partial charge in [0.15, 0.2) is 6.29 Å². The quantitative estimate of drug-likeness (QED) is 0.627. The maximum atomic E-state index is 10.8. The SMILES string of the molecule is O=[N+]([O-])c1cccc(C2OCC(COc3ccccc3)O2)c1. The summed E-state index contributed by atoms with van der Waals surface area (Å²) in [6, 6.07) is 15.7. The van der Waals surface area contributed by atoms with E-state index < -0.39 is 11.2 Å². The molecule has 22 heavy (non-hydrogen) atoms. The average molecular weight is 301 g/mol. The van der Waals surface area contributed by atoms with Gasteiger partial charge in [-0.1, -0.05) is 30.3 Å². The molecule has 0 saturated carbocycles. The number of hydrogen-bond donors (Lipinski definition) is 0. The van der Waals surface area contributed by atoms with Gasteiger partial charge in [-0.3, -0.25) is 10.1 Å². The first-order valence-corrected chi connectivity index (χ1v) is 6.91. The van der Waals surface area contributed by atoms with Gasteiger partial charge < -0.3 is 14.2 Å². The van der Waals surface area contributed by atoms with E-state index >= 15 is 0 Å². The van der Waals surface area contributed by atoms with Crippen molar-refractivity contribution in [2.75, 3.05) is 13.2 Å². The van der Waals surface area contributed by atoms with Gasteiger partial charge in [-0.25, -0.2) is 0 Å². The molecule has 1 aliphatic rings. The van der Waals surface area contributed by atoms with E-state index in [1.54, 1.807) is 12.1 Å². The fourth-order valence-electron chi connectivity index (χ4n) is 2.20. The molecule has 0 amide bonds. The fourth-order valence-corrected chi connectivity index (χ4v) is 2.20. The number of benzene rings is 2. The van der Waals surface area contributed by atoms with Gasteiger partial charge in [-0.05, 0) is 12.1 Å². The average Bonchev–Trinajstić information content (AvgIpc) is 3.03. The lowest BCUT2D eigenvalue weighted by Crippen LogP contribution is -2.19. The Bertz CT molecular complexity index is 646. The lowest BCUT2D eigenvalue weighted by atomic mass is 10.2. The third kappa shape index (κ3) is 3.41. The Hall–Kier alpha value is -2.44. The zero-order chi connectivity index (χ0) is 15.4. The van der Waals surface area contributed by atoms with Crippen molar-refractivity contribution in [3.63, 3.8) is 0 Å². The fraction of sp³-hybridized carbons (Fsp3) is 0.250. The molecule has 3 rings (SSSR count). The molecular formula is C16H15NO5. The smallest absolute Gasteiger partial charge is 0.269 e. The molecule has 0 spiro atoms. The summed E-state index contributed by atoms with van der Waals surface area (Å²) in [5, 5.41) is 10.8. The summed E-state index contributed by atoms with van der Waals surface area (Å²) in [6.07, 6.45) is -0.797. The van der Waals surface area contributed by atoms with Crippen LogP contribution in [0.1, 0.15) is 11.9 Å². The zero-order valence-corrected chi connectivity index (χ0v) is 11.8. The van der Waals surface area contributed by atoms with Crippen LogP contribution in [0.4, 0.5) is 5.69 Å². The molecule has 0 radical (unpaired) electrons. The highest BCUT2D eigenvalue weighted by Crippen LogP contribution is 2.29. The van der Waals surface area contributed by atoms with Gasteiger partial charge >= 0.3 is 0 Å². The van der Waals surface area contributed by atoms with Crippen molar-refractivity contribution >= 4 is 5.69 Å². The second-order valence-corrected chi connectivity index (χ2v) is 4.90. The highest BCUT2D eigenvalue weighted by molar-refractivity contribution is 5.35. The van der Waals surface area contributed by atoms with Gasteiger partial charge in [0.2, 0.25) is 0 Å². The molecule has 2 unspecified atom stereocenters. The summed E-state index contributed by atoms with van der Waals surface area (Å²) in [4.78, 5) is 10.4. The predicted octanol–water partition coefficient (Wildman–Crippen LogP) is 3.09. The summed E-state index contributed by atoms with van der Waals surface area (Å²) >= 11 is 0. The summed E-state index contributed by atoms with van der Waals surface area (Å²) in [6.45, 7) is 0.760. The van der Waals surface area contributed by atoms with Crippen LogP contribution in [0.15, 0.2) is 54.6 Å². The van der Waals surface area contributed by atoms with Gasteiger partial charge in [0.05, 0.1) is 11.5 Å². The van der Waals surface area contributed by atoms with Crippen molar-refractivity contribution in [2.45, 2.75) is 12.4 Å². The maximum absolute atomic E-state index is 10.8. The minimum Gasteiger partial charge on any atom is -0.491 e. The summed E-state index contributed by atoms with van der Waals surface area (Å²) in [7, 11) is 0. The van der Waals surface area contributed by atoms with E-state index in [-0.39, 0.29) is 11.8 Å². The molecule has 6 heteroatoms. The first kappa shape index (κ1) is 14.5. The third-order valence-electron chi connectivity index (χ3n) is 3.28. The predicted molar refractivity (Wildman–Crippen MR) is 78.6 cm³/mol. The van der Waals surface area contributed by atoms with Crippen molar-refractivity contribution in [3.05, 3.63) is 70.3 Å². The summed E-state index contributed by atoms with van der Waals surface area (Å²) in [5.41, 5.74) is 0.657. The van der Waals surface area contributed by atoms with Crippen molar-refractivity contribution in [2.24, 2.45) is 0 Å². The van der Waals surface area contributed by atoms with Crippen LogP contribution < -0.4 is 4.74 Å². The molecule has 114 valence electrons. The van der Waals surface area contributed by atoms with Crippen LogP contribution in [0.2, 0.25) is 0 Å². The van der Waals surface area contributed by atoms with Gasteiger partial charge in [-0.15, -0.1) is 0 Å². The molecule has 0 bridgehead atoms. The molecule has 2 atom stereocenters. The Morgan fingerprint density at radius 3 is 2.77 bits per heavy atom. The minimum atomic E-state index is -0.593. The largest absolute Gasteiger partial charge is 0.491 e. The van der Waals surface area contributed by atoms with E-state index in [4.69, 9.17) is 14.2 Å². The van der Waals surface area contributed by atoms with Gasteiger partial charge in [-0.2, -0.15) is 0 Å². The second-order valence-electron chi connectivity index (χ2n) is 4.90. The van der Waals surface area contributed by atoms with Crippen molar-refractivity contribution < 1.29 is 19.1 Å². The first-order chi connectivity index (χ1) is 10.7. The number of ether oxygens (including phenoxy) is 3. The topological polar surface area (TPSA) is 70.8 Å². The van der Waals surface area contributed by atoms with Gasteiger partial charge in [0.25, 0.3) is 5.69 Å². The molecule has 0 aliphatic carbocycles. The number of non-ortho nitro benzene ring substituents is 1. The highest BCUT2D eigenvalue weighted by Gasteiger charge is 2.28. The van der Waals surface area contributed by atoms with Crippen molar-refractivity contribution in [1.29, 1.82) is 0 Å². The van der Waals surface area contributed by atoms with Crippen LogP contribution in [-0.4, -0.2) is 24.2 Å². The van der Waals surface area contributed by atoms with Crippen LogP contribution in [0, 0.1) is 10.1 Å². The monoisotopic (exact) mass is 301 g/mol. The minimum absolute atomic E-state index is 0.0219. The molecule has 0 N–H and O–H groups in total. The lowest BCUT2D eigenvalue weighted by Gasteiger charge is -2.12. The first-order valence-electron chi connectivity index (χ1n) is 6.91. The Balaban J connectivity index is 1.58. The van der Waals surface area contributed by atoms with Crippen LogP contribution in [0.5, 0.6) is 5.75 Å². The van der Waals surface area contributed by atoms with Crippen LogP contribution in [0.25, 0.3) is 0 Å². The van der Waals surface area contributed by atoms with Crippen molar-refractivity contribution in [3.8, 4) is 5.75 Å². The maximum Gasteiger partial charge on any atom is 0.269 e. The molecule has 0 aromatic heterocycles. The number of para-hydroxylation sites is 1. The van der Waals surface area contributed by atoms with Crippen molar-refractivity contribution in [1.82, 2.24) is 0 Å². The number of rotatable bonds is 5. The molecule has 1 fully saturated rings. The molecule has 1 aliphatic heterocycles. The van der Waals surface area contributed by atoms with E-state index in [1.807, 2.05) is 30.3 Å². The van der Waals surface area contributed by atoms with Gasteiger partial charge in [0.1, 0.15) is 18.5 Å². The Morgan fingerprint density at radius 2 is 2.00 bits per heavy atom. The summed E-state index contributed by atoms with van der Waals surface area (Å²) < 4.78 is 16.9. The van der Waals surface area contributed by atoms with Crippen LogP contribution in [-0.2, 0) is 9.47 Å². The number of hydrogen-bond acceptors (Lipinski definition) is 5. The third-order valence-corrected chi connectivity index (χ3v) is 3.28. The van der Waals surface area contributed by atoms with Crippen LogP contribution >= 0.6 is 0 Å². The Labute approximate surface area is 127 Å². The lowest BCUT2D eigenvalue weighted by molar-refractivity contribution is -0.385. The van der Waals surface area contributed by atoms with E-state index in [0.717, 1.165) is 5.75 Å². The number of nitro benzene ring substituents is 1. The van der Waals surface area contributed by atoms with E-state index in [1.165, 1.54) is 12.1 Å². The van der Waals surface area contributed by atoms with E-state index in [0.29, 0.717) is 18.8 Å². The normalized spacial score (nSPS) is 20.7.